The predicted octanol–water partition coefficient (Wildman–Crippen LogP) is 2.98. The number of nitrogens with one attached hydrogen (secondary N) is 1. The Bertz CT molecular complexity index is 1080. The normalized spacial score (nSPS) is 20.7. The number of nitrogens with two attached hydrogens (primary N) is 1. The van der Waals surface area contributed by atoms with Crippen LogP contribution in [0.25, 0.3) is 0 Å². The summed E-state index contributed by atoms with van der Waals surface area (Å²) in [6.07, 6.45) is -3.06. The van der Waals surface area contributed by atoms with Crippen LogP contribution < -0.4 is 11.1 Å². The summed E-state index contributed by atoms with van der Waals surface area (Å²) in [7, 11) is 0. The number of carbonyl (C=O) groups excluding carboxylic acids is 2. The molecule has 176 valence electrons. The number of likely N-dealkylation sites (tertiary alicyclic amines) is 2. The smallest absolute Gasteiger partial charge is 0.366 e. The first kappa shape index (κ1) is 22.8. The monoisotopic (exact) mass is 462 g/mol. The summed E-state index contributed by atoms with van der Waals surface area (Å²) in [5.74, 6) is -0.0786. The lowest BCUT2D eigenvalue weighted by atomic mass is 10.0. The van der Waals surface area contributed by atoms with E-state index in [1.807, 2.05) is 0 Å². The average Bonchev–Trinajstić information content (AvgIpc) is 3.41. The molecule has 1 aromatic heterocycles. The summed E-state index contributed by atoms with van der Waals surface area (Å²) in [6.45, 7) is 8.36. The molecule has 2 aliphatic rings. The van der Waals surface area contributed by atoms with Crippen LogP contribution in [-0.4, -0.2) is 57.7 Å². The number of allylic oxidation sites excluding steroid dienone is 1. The number of amides is 2. The van der Waals surface area contributed by atoms with Crippen LogP contribution in [0.4, 0.5) is 23.8 Å². The van der Waals surface area contributed by atoms with Gasteiger partial charge >= 0.3 is 12.2 Å². The Labute approximate surface area is 188 Å². The number of carbonyl (C=O) groups is 2. The Balaban J connectivity index is 1.37. The molecule has 0 radical (unpaired) electrons. The van der Waals surface area contributed by atoms with Crippen LogP contribution in [0.15, 0.2) is 42.7 Å². The maximum Gasteiger partial charge on any atom is 0.417 e. The van der Waals surface area contributed by atoms with Gasteiger partial charge in [-0.15, -0.1) is 5.10 Å². The van der Waals surface area contributed by atoms with Crippen molar-refractivity contribution in [2.45, 2.75) is 19.6 Å². The number of primary amides is 1. The molecule has 2 fully saturated rings. The second-order valence-corrected chi connectivity index (χ2v) is 8.69. The van der Waals surface area contributed by atoms with E-state index in [-0.39, 0.29) is 17.9 Å². The molecule has 8 nitrogen and oxygen atoms in total. The number of halogens is 3. The fraction of sp³-hybridized carbons (Fsp3) is 0.409. The van der Waals surface area contributed by atoms with Crippen molar-refractivity contribution >= 4 is 17.8 Å². The highest BCUT2D eigenvalue weighted by Gasteiger charge is 2.42. The lowest BCUT2D eigenvalue weighted by molar-refractivity contribution is -0.138. The number of benzene rings is 1. The maximum atomic E-state index is 13.3. The number of aromatic nitrogens is 2. The first-order valence-electron chi connectivity index (χ1n) is 10.5. The van der Waals surface area contributed by atoms with Gasteiger partial charge in [-0.05, 0) is 36.5 Å². The van der Waals surface area contributed by atoms with Crippen LogP contribution in [0.3, 0.4) is 0 Å². The first-order valence-corrected chi connectivity index (χ1v) is 10.5. The average molecular weight is 462 g/mol. The zero-order chi connectivity index (χ0) is 23.9. The quantitative estimate of drug-likeness (QED) is 0.712. The van der Waals surface area contributed by atoms with Crippen LogP contribution in [0.1, 0.15) is 28.4 Å². The summed E-state index contributed by atoms with van der Waals surface area (Å²) in [4.78, 5) is 28.0. The molecule has 2 saturated heterocycles. The molecule has 11 heteroatoms. The highest BCUT2D eigenvalue weighted by Crippen LogP contribution is 2.35. The Morgan fingerprint density at radius 2 is 1.85 bits per heavy atom. The van der Waals surface area contributed by atoms with E-state index in [0.29, 0.717) is 44.1 Å². The zero-order valence-corrected chi connectivity index (χ0v) is 18.1. The fourth-order valence-corrected chi connectivity index (χ4v) is 4.63. The van der Waals surface area contributed by atoms with Gasteiger partial charge < -0.3 is 16.0 Å². The fourth-order valence-electron chi connectivity index (χ4n) is 4.63. The van der Waals surface area contributed by atoms with Crippen LogP contribution in [-0.2, 0) is 12.7 Å². The van der Waals surface area contributed by atoms with E-state index in [2.05, 4.69) is 21.9 Å². The molecule has 3 N–H and O–H groups in total. The van der Waals surface area contributed by atoms with Gasteiger partial charge in [0.05, 0.1) is 11.1 Å². The van der Waals surface area contributed by atoms with Crippen molar-refractivity contribution in [3.63, 3.8) is 0 Å². The molecule has 2 amide bonds. The third-order valence-electron chi connectivity index (χ3n) is 6.02. The number of hydrogen-bond donors (Lipinski definition) is 2. The van der Waals surface area contributed by atoms with E-state index in [0.717, 1.165) is 17.8 Å². The number of fused-ring (bicyclic) bond motifs is 1. The van der Waals surface area contributed by atoms with Crippen molar-refractivity contribution < 1.29 is 22.8 Å². The van der Waals surface area contributed by atoms with Crippen LogP contribution >= 0.6 is 0 Å². The van der Waals surface area contributed by atoms with Crippen molar-refractivity contribution in [1.82, 2.24) is 19.6 Å². The standard InChI is InChI=1S/C22H25F3N6O2/c1-13(2)27-19-5-6-31(28-19)21(33)30-11-15-9-29(10-16(15)12-30)8-14-3-4-17(20(26)32)18(7-14)22(23,24)25/h3-7,15-16H,1,8-12H2,2H3,(H2,26,32)(H,27,28). The molecule has 3 heterocycles. The molecule has 33 heavy (non-hydrogen) atoms. The minimum absolute atomic E-state index is 0.206. The van der Waals surface area contributed by atoms with Crippen molar-refractivity contribution in [1.29, 1.82) is 0 Å². The molecule has 0 saturated carbocycles. The zero-order valence-electron chi connectivity index (χ0n) is 18.1. The second-order valence-electron chi connectivity index (χ2n) is 8.69. The first-order chi connectivity index (χ1) is 15.5. The van der Waals surface area contributed by atoms with Crippen molar-refractivity contribution in [2.24, 2.45) is 17.6 Å². The highest BCUT2D eigenvalue weighted by molar-refractivity contribution is 5.94. The number of alkyl halides is 3. The molecule has 2 aliphatic heterocycles. The van der Waals surface area contributed by atoms with Crippen molar-refractivity contribution in [3.05, 3.63) is 59.4 Å². The lowest BCUT2D eigenvalue weighted by Gasteiger charge is -2.22. The molecule has 0 spiro atoms. The molecule has 2 unspecified atom stereocenters. The molecule has 1 aromatic carbocycles. The van der Waals surface area contributed by atoms with E-state index in [1.54, 1.807) is 24.1 Å². The molecule has 0 aliphatic carbocycles. The Morgan fingerprint density at radius 1 is 1.18 bits per heavy atom. The molecular formula is C22H25F3N6O2. The van der Waals surface area contributed by atoms with E-state index in [9.17, 15) is 22.8 Å². The van der Waals surface area contributed by atoms with Gasteiger partial charge in [0.25, 0.3) is 0 Å². The van der Waals surface area contributed by atoms with Gasteiger partial charge in [-0.1, -0.05) is 12.6 Å². The molecular weight excluding hydrogens is 437 g/mol. The summed E-state index contributed by atoms with van der Waals surface area (Å²) in [5, 5.41) is 7.19. The molecule has 2 aromatic rings. The van der Waals surface area contributed by atoms with Crippen LogP contribution in [0.5, 0.6) is 0 Å². The molecule has 2 atom stereocenters. The largest absolute Gasteiger partial charge is 0.417 e. The molecule has 4 rings (SSSR count). The van der Waals surface area contributed by atoms with Crippen LogP contribution in [0.2, 0.25) is 0 Å². The van der Waals surface area contributed by atoms with E-state index >= 15 is 0 Å². The SMILES string of the molecule is C=C(C)Nc1ccn(C(=O)N2CC3CN(Cc4ccc(C(N)=O)c(C(F)(F)F)c4)CC3C2)n1. The van der Waals surface area contributed by atoms with Gasteiger partial charge in [-0.25, -0.2) is 4.79 Å². The number of anilines is 1. The van der Waals surface area contributed by atoms with Gasteiger partial charge in [-0.3, -0.25) is 9.69 Å². The number of nitrogens with zero attached hydrogens (tertiary/aromatic N) is 4. The second kappa shape index (κ2) is 8.54. The lowest BCUT2D eigenvalue weighted by Crippen LogP contribution is -2.36. The van der Waals surface area contributed by atoms with Gasteiger partial charge in [0.15, 0.2) is 5.82 Å². The van der Waals surface area contributed by atoms with E-state index < -0.39 is 23.2 Å². The van der Waals surface area contributed by atoms with Crippen molar-refractivity contribution in [2.75, 3.05) is 31.5 Å². The highest BCUT2D eigenvalue weighted by atomic mass is 19.4. The summed E-state index contributed by atoms with van der Waals surface area (Å²) in [6, 6.07) is 5.14. The minimum atomic E-state index is -4.66. The van der Waals surface area contributed by atoms with Crippen molar-refractivity contribution in [3.8, 4) is 0 Å². The van der Waals surface area contributed by atoms with E-state index in [1.165, 1.54) is 10.7 Å². The predicted molar refractivity (Wildman–Crippen MR) is 115 cm³/mol. The topological polar surface area (TPSA) is 96.5 Å². The minimum Gasteiger partial charge on any atom is -0.366 e. The Hall–Kier alpha value is -3.34. The summed E-state index contributed by atoms with van der Waals surface area (Å²) < 4.78 is 41.3. The van der Waals surface area contributed by atoms with Gasteiger partial charge in [0.2, 0.25) is 5.91 Å². The number of hydrogen-bond acceptors (Lipinski definition) is 5. The molecule has 0 bridgehead atoms. The Morgan fingerprint density at radius 3 is 2.42 bits per heavy atom. The van der Waals surface area contributed by atoms with Gasteiger partial charge in [-0.2, -0.15) is 17.9 Å². The number of rotatable bonds is 5. The summed E-state index contributed by atoms with van der Waals surface area (Å²) >= 11 is 0. The third-order valence-corrected chi connectivity index (χ3v) is 6.02. The third kappa shape index (κ3) is 4.87. The van der Waals surface area contributed by atoms with Gasteiger partial charge in [0, 0.05) is 50.7 Å². The van der Waals surface area contributed by atoms with Gasteiger partial charge in [0.1, 0.15) is 0 Å². The summed E-state index contributed by atoms with van der Waals surface area (Å²) in [5.41, 5.74) is 4.74. The Kier molecular flexibility index (Phi) is 5.91. The van der Waals surface area contributed by atoms with Crippen LogP contribution in [0, 0.1) is 11.8 Å². The van der Waals surface area contributed by atoms with E-state index in [4.69, 9.17) is 5.73 Å². The maximum absolute atomic E-state index is 13.3.